The molecule has 1 aromatic carbocycles. The Morgan fingerprint density at radius 1 is 1.26 bits per heavy atom. The Balaban J connectivity index is 1.82. The second kappa shape index (κ2) is 4.24. The van der Waals surface area contributed by atoms with Gasteiger partial charge in [0.2, 0.25) is 0 Å². The molecule has 4 rings (SSSR count). The van der Waals surface area contributed by atoms with Crippen molar-refractivity contribution < 1.29 is 0 Å². The third-order valence-corrected chi connectivity index (χ3v) is 5.32. The standard InChI is InChI=1S/C17H17NS/c1-11-7-8-15-14(10-11)12-4-2-5-13(12)17(18-15)16-6-3-9-19-16/h2-4,6-10,12-13,17-18H,5H2,1H3. The highest BCUT2D eigenvalue weighted by Gasteiger charge is 2.38. The summed E-state index contributed by atoms with van der Waals surface area (Å²) in [5, 5.41) is 5.95. The molecule has 2 aromatic rings. The van der Waals surface area contributed by atoms with E-state index in [2.05, 4.69) is 60.1 Å². The Labute approximate surface area is 118 Å². The van der Waals surface area contributed by atoms with Crippen molar-refractivity contribution in [1.29, 1.82) is 0 Å². The number of nitrogens with one attached hydrogen (secondary N) is 1. The van der Waals surface area contributed by atoms with Crippen LogP contribution in [0.4, 0.5) is 5.69 Å². The van der Waals surface area contributed by atoms with Crippen molar-refractivity contribution in [1.82, 2.24) is 0 Å². The van der Waals surface area contributed by atoms with Crippen LogP contribution < -0.4 is 5.32 Å². The molecule has 3 unspecified atom stereocenters. The number of aryl methyl sites for hydroxylation is 1. The first kappa shape index (κ1) is 11.3. The van der Waals surface area contributed by atoms with E-state index in [1.165, 1.54) is 28.1 Å². The number of thiophene rings is 1. The third kappa shape index (κ3) is 1.74. The molecule has 0 saturated carbocycles. The van der Waals surface area contributed by atoms with E-state index in [1.54, 1.807) is 0 Å². The van der Waals surface area contributed by atoms with Crippen LogP contribution in [0, 0.1) is 12.8 Å². The van der Waals surface area contributed by atoms with Gasteiger partial charge in [-0.25, -0.2) is 0 Å². The summed E-state index contributed by atoms with van der Waals surface area (Å²) in [6.45, 7) is 2.18. The van der Waals surface area contributed by atoms with Gasteiger partial charge in [0.05, 0.1) is 6.04 Å². The van der Waals surface area contributed by atoms with Gasteiger partial charge in [-0.15, -0.1) is 11.3 Å². The monoisotopic (exact) mass is 267 g/mol. The van der Waals surface area contributed by atoms with Gasteiger partial charge in [0.15, 0.2) is 0 Å². The molecule has 1 aliphatic carbocycles. The number of hydrogen-bond acceptors (Lipinski definition) is 2. The van der Waals surface area contributed by atoms with Crippen LogP contribution in [0.25, 0.3) is 0 Å². The highest BCUT2D eigenvalue weighted by atomic mass is 32.1. The lowest BCUT2D eigenvalue weighted by Gasteiger charge is -2.37. The fraction of sp³-hybridized carbons (Fsp3) is 0.294. The smallest absolute Gasteiger partial charge is 0.0646 e. The Morgan fingerprint density at radius 3 is 3.05 bits per heavy atom. The molecule has 19 heavy (non-hydrogen) atoms. The molecule has 1 aliphatic heterocycles. The topological polar surface area (TPSA) is 12.0 Å². The van der Waals surface area contributed by atoms with E-state index in [-0.39, 0.29) is 0 Å². The van der Waals surface area contributed by atoms with Crippen LogP contribution in [0.5, 0.6) is 0 Å². The molecule has 1 aromatic heterocycles. The van der Waals surface area contributed by atoms with Gasteiger partial charge in [0, 0.05) is 16.5 Å². The number of benzene rings is 1. The molecule has 0 radical (unpaired) electrons. The molecule has 0 bridgehead atoms. The molecular formula is C17H17NS. The Hall–Kier alpha value is -1.54. The summed E-state index contributed by atoms with van der Waals surface area (Å²) in [5.41, 5.74) is 4.15. The zero-order valence-corrected chi connectivity index (χ0v) is 11.8. The van der Waals surface area contributed by atoms with Crippen LogP contribution in [-0.2, 0) is 0 Å². The number of rotatable bonds is 1. The Bertz CT molecular complexity index is 627. The number of allylic oxidation sites excluding steroid dienone is 2. The average Bonchev–Trinajstić information content (AvgIpc) is 3.09. The van der Waals surface area contributed by atoms with Gasteiger partial charge in [0.25, 0.3) is 0 Å². The summed E-state index contributed by atoms with van der Waals surface area (Å²) in [6, 6.07) is 11.7. The second-order valence-corrected chi connectivity index (χ2v) is 6.56. The van der Waals surface area contributed by atoms with Crippen LogP contribution in [0.2, 0.25) is 0 Å². The number of hydrogen-bond donors (Lipinski definition) is 1. The summed E-state index contributed by atoms with van der Waals surface area (Å²) in [6.07, 6.45) is 5.95. The van der Waals surface area contributed by atoms with Gasteiger partial charge < -0.3 is 5.32 Å². The van der Waals surface area contributed by atoms with Crippen molar-refractivity contribution in [2.24, 2.45) is 5.92 Å². The zero-order valence-electron chi connectivity index (χ0n) is 11.0. The Kier molecular flexibility index (Phi) is 2.52. The van der Waals surface area contributed by atoms with Crippen molar-refractivity contribution in [3.8, 4) is 0 Å². The minimum Gasteiger partial charge on any atom is -0.377 e. The van der Waals surface area contributed by atoms with Crippen molar-refractivity contribution in [3.63, 3.8) is 0 Å². The summed E-state index contributed by atoms with van der Waals surface area (Å²) in [5.74, 6) is 1.26. The molecule has 96 valence electrons. The number of fused-ring (bicyclic) bond motifs is 3. The third-order valence-electron chi connectivity index (χ3n) is 4.37. The minimum absolute atomic E-state index is 0.468. The molecule has 2 heterocycles. The predicted octanol–water partition coefficient (Wildman–Crippen LogP) is 4.88. The minimum atomic E-state index is 0.468. The van der Waals surface area contributed by atoms with Gasteiger partial charge in [0.1, 0.15) is 0 Å². The van der Waals surface area contributed by atoms with E-state index in [0.29, 0.717) is 17.9 Å². The molecule has 1 N–H and O–H groups in total. The normalized spacial score (nSPS) is 27.7. The first-order valence-electron chi connectivity index (χ1n) is 6.90. The van der Waals surface area contributed by atoms with E-state index in [9.17, 15) is 0 Å². The lowest BCUT2D eigenvalue weighted by atomic mass is 9.78. The summed E-state index contributed by atoms with van der Waals surface area (Å²) < 4.78 is 0. The summed E-state index contributed by atoms with van der Waals surface area (Å²) >= 11 is 1.87. The molecule has 0 spiro atoms. The van der Waals surface area contributed by atoms with E-state index < -0.39 is 0 Å². The molecule has 0 amide bonds. The highest BCUT2D eigenvalue weighted by Crippen LogP contribution is 2.50. The van der Waals surface area contributed by atoms with Gasteiger partial charge in [-0.05, 0) is 42.3 Å². The van der Waals surface area contributed by atoms with Crippen molar-refractivity contribution >= 4 is 17.0 Å². The van der Waals surface area contributed by atoms with Crippen LogP contribution in [0.1, 0.15) is 34.4 Å². The van der Waals surface area contributed by atoms with Gasteiger partial charge in [-0.2, -0.15) is 0 Å². The SMILES string of the molecule is Cc1ccc2c(c1)C1C=CCC1C(c1cccs1)N2. The van der Waals surface area contributed by atoms with Crippen LogP contribution in [0.3, 0.4) is 0 Å². The maximum Gasteiger partial charge on any atom is 0.0646 e. The quantitative estimate of drug-likeness (QED) is 0.726. The van der Waals surface area contributed by atoms with E-state index in [4.69, 9.17) is 0 Å². The first-order valence-corrected chi connectivity index (χ1v) is 7.78. The first-order chi connectivity index (χ1) is 9.33. The summed E-state index contributed by atoms with van der Waals surface area (Å²) in [7, 11) is 0. The molecule has 0 fully saturated rings. The van der Waals surface area contributed by atoms with Crippen LogP contribution >= 0.6 is 11.3 Å². The van der Waals surface area contributed by atoms with Gasteiger partial charge in [-0.1, -0.05) is 35.9 Å². The van der Waals surface area contributed by atoms with Crippen molar-refractivity contribution in [2.45, 2.75) is 25.3 Å². The largest absolute Gasteiger partial charge is 0.377 e. The lowest BCUT2D eigenvalue weighted by Crippen LogP contribution is -2.28. The molecule has 0 saturated heterocycles. The van der Waals surface area contributed by atoms with E-state index in [0.717, 1.165) is 0 Å². The fourth-order valence-corrected chi connectivity index (χ4v) is 4.32. The number of anilines is 1. The van der Waals surface area contributed by atoms with Gasteiger partial charge >= 0.3 is 0 Å². The average molecular weight is 267 g/mol. The van der Waals surface area contributed by atoms with Crippen LogP contribution in [-0.4, -0.2) is 0 Å². The lowest BCUT2D eigenvalue weighted by molar-refractivity contribution is 0.430. The predicted molar refractivity (Wildman–Crippen MR) is 81.8 cm³/mol. The maximum atomic E-state index is 3.77. The Morgan fingerprint density at radius 2 is 2.21 bits per heavy atom. The molecule has 1 nitrogen and oxygen atoms in total. The molecule has 2 aliphatic rings. The van der Waals surface area contributed by atoms with Crippen LogP contribution in [0.15, 0.2) is 47.9 Å². The van der Waals surface area contributed by atoms with Gasteiger partial charge in [-0.3, -0.25) is 0 Å². The second-order valence-electron chi connectivity index (χ2n) is 5.58. The van der Waals surface area contributed by atoms with E-state index in [1.807, 2.05) is 11.3 Å². The zero-order chi connectivity index (χ0) is 12.8. The highest BCUT2D eigenvalue weighted by molar-refractivity contribution is 7.10. The maximum absolute atomic E-state index is 3.77. The molecular weight excluding hydrogens is 250 g/mol. The molecule has 2 heteroatoms. The van der Waals surface area contributed by atoms with Crippen molar-refractivity contribution in [2.75, 3.05) is 5.32 Å². The van der Waals surface area contributed by atoms with E-state index >= 15 is 0 Å². The van der Waals surface area contributed by atoms with Crippen molar-refractivity contribution in [3.05, 3.63) is 63.9 Å². The summed E-state index contributed by atoms with van der Waals surface area (Å²) in [4.78, 5) is 1.46. The fourth-order valence-electron chi connectivity index (χ4n) is 3.46. The molecule has 3 atom stereocenters.